The van der Waals surface area contributed by atoms with Crippen LogP contribution in [0.25, 0.3) is 0 Å². The van der Waals surface area contributed by atoms with Crippen molar-refractivity contribution in [2.75, 3.05) is 27.2 Å². The maximum Gasteiger partial charge on any atom is 0.162 e. The fraction of sp³-hybridized carbons (Fsp3) is 0.625. The molecular weight excluding hydrogens is 267 g/mol. The first-order valence-corrected chi connectivity index (χ1v) is 4.87. The average Bonchev–Trinajstić information content (AvgIpc) is 1.96. The Morgan fingerprint density at radius 3 is 2.83 bits per heavy atom. The highest BCUT2D eigenvalue weighted by molar-refractivity contribution is 14.1. The van der Waals surface area contributed by atoms with Gasteiger partial charge in [0.15, 0.2) is 5.78 Å². The van der Waals surface area contributed by atoms with E-state index >= 15 is 0 Å². The normalized spacial score (nSPS) is 23.2. The van der Waals surface area contributed by atoms with E-state index in [1.165, 1.54) is 0 Å². The molecule has 0 aromatic carbocycles. The molecule has 0 saturated carbocycles. The van der Waals surface area contributed by atoms with Crippen molar-refractivity contribution >= 4 is 28.6 Å². The quantitative estimate of drug-likeness (QED) is 0.407. The number of ketones is 1. The van der Waals surface area contributed by atoms with Gasteiger partial charge in [-0.2, -0.15) is 0 Å². The first-order valence-electron chi connectivity index (χ1n) is 3.90. The number of hydrogen-bond acceptors (Lipinski definition) is 3. The predicted octanol–water partition coefficient (Wildman–Crippen LogP) is 1.06. The molecule has 0 amide bonds. The van der Waals surface area contributed by atoms with E-state index < -0.39 is 0 Å². The van der Waals surface area contributed by atoms with Crippen LogP contribution in [-0.2, 0) is 4.79 Å². The van der Waals surface area contributed by atoms with Gasteiger partial charge >= 0.3 is 0 Å². The summed E-state index contributed by atoms with van der Waals surface area (Å²) in [6.45, 7) is 1.65. The maximum atomic E-state index is 11.4. The van der Waals surface area contributed by atoms with Crippen molar-refractivity contribution in [3.63, 3.8) is 0 Å². The second-order valence-electron chi connectivity index (χ2n) is 3.14. The van der Waals surface area contributed by atoms with E-state index in [1.54, 1.807) is 0 Å². The molecule has 1 rings (SSSR count). The second kappa shape index (κ2) is 4.23. The molecule has 0 atom stereocenters. The lowest BCUT2D eigenvalue weighted by Gasteiger charge is -2.22. The van der Waals surface area contributed by atoms with E-state index in [2.05, 4.69) is 26.0 Å². The van der Waals surface area contributed by atoms with E-state index in [9.17, 15) is 4.79 Å². The van der Waals surface area contributed by atoms with E-state index in [1.807, 2.05) is 25.2 Å². The van der Waals surface area contributed by atoms with Crippen molar-refractivity contribution in [1.29, 1.82) is 0 Å². The monoisotopic (exact) mass is 280 g/mol. The van der Waals surface area contributed by atoms with Crippen molar-refractivity contribution in [1.82, 2.24) is 8.01 Å². The Hall–Kier alpha value is -0.100. The first-order chi connectivity index (χ1) is 5.59. The van der Waals surface area contributed by atoms with Gasteiger partial charge in [-0.15, -0.1) is 0 Å². The number of carbonyl (C=O) groups excluding carboxylic acids is 1. The Kier molecular flexibility index (Phi) is 3.52. The molecule has 4 heteroatoms. The SMILES string of the molecule is CN(C)/C=C1/CN(I)CCC1=O. The molecule has 0 N–H and O–H groups in total. The van der Waals surface area contributed by atoms with Crippen LogP contribution in [0.5, 0.6) is 0 Å². The summed E-state index contributed by atoms with van der Waals surface area (Å²) in [5, 5.41) is 0. The van der Waals surface area contributed by atoms with Crippen LogP contribution in [0, 0.1) is 0 Å². The van der Waals surface area contributed by atoms with Gasteiger partial charge in [0, 0.05) is 68.2 Å². The van der Waals surface area contributed by atoms with Gasteiger partial charge in [0.05, 0.1) is 0 Å². The largest absolute Gasteiger partial charge is 0.383 e. The Morgan fingerprint density at radius 2 is 2.25 bits per heavy atom. The summed E-state index contributed by atoms with van der Waals surface area (Å²) in [6, 6.07) is 0. The van der Waals surface area contributed by atoms with Crippen LogP contribution in [0.1, 0.15) is 6.42 Å². The number of carbonyl (C=O) groups is 1. The molecule has 3 nitrogen and oxygen atoms in total. The number of Topliss-reactive ketones (excluding diaryl/α,β-unsaturated/α-hetero) is 1. The van der Waals surface area contributed by atoms with Gasteiger partial charge in [-0.1, -0.05) is 0 Å². The highest BCUT2D eigenvalue weighted by atomic mass is 127. The molecule has 0 unspecified atom stereocenters. The lowest BCUT2D eigenvalue weighted by Crippen LogP contribution is -2.29. The fourth-order valence-electron chi connectivity index (χ4n) is 1.16. The Morgan fingerprint density at radius 1 is 1.58 bits per heavy atom. The molecule has 0 bridgehead atoms. The van der Waals surface area contributed by atoms with E-state index in [0.29, 0.717) is 6.42 Å². The highest BCUT2D eigenvalue weighted by Crippen LogP contribution is 2.15. The highest BCUT2D eigenvalue weighted by Gasteiger charge is 2.19. The van der Waals surface area contributed by atoms with E-state index in [4.69, 9.17) is 0 Å². The van der Waals surface area contributed by atoms with Gasteiger partial charge in [0.1, 0.15) is 0 Å². The summed E-state index contributed by atoms with van der Waals surface area (Å²) in [5.41, 5.74) is 0.917. The molecular formula is C8H13IN2O. The smallest absolute Gasteiger partial charge is 0.162 e. The Labute approximate surface area is 86.9 Å². The van der Waals surface area contributed by atoms with Gasteiger partial charge in [0.25, 0.3) is 0 Å². The van der Waals surface area contributed by atoms with Crippen molar-refractivity contribution < 1.29 is 4.79 Å². The zero-order valence-corrected chi connectivity index (χ0v) is 9.54. The van der Waals surface area contributed by atoms with Crippen LogP contribution in [0.2, 0.25) is 0 Å². The molecule has 12 heavy (non-hydrogen) atoms. The Bertz CT molecular complexity index is 213. The first kappa shape index (κ1) is 9.98. The van der Waals surface area contributed by atoms with Gasteiger partial charge in [0.2, 0.25) is 0 Å². The van der Waals surface area contributed by atoms with Crippen molar-refractivity contribution in [2.24, 2.45) is 0 Å². The number of nitrogens with zero attached hydrogens (tertiary/aromatic N) is 2. The summed E-state index contributed by atoms with van der Waals surface area (Å²) in [6.07, 6.45) is 2.57. The van der Waals surface area contributed by atoms with Crippen LogP contribution in [0.4, 0.5) is 0 Å². The van der Waals surface area contributed by atoms with Crippen molar-refractivity contribution in [3.05, 3.63) is 11.8 Å². The van der Waals surface area contributed by atoms with Gasteiger partial charge in [-0.25, -0.2) is 3.11 Å². The zero-order valence-electron chi connectivity index (χ0n) is 7.38. The summed E-state index contributed by atoms with van der Waals surface area (Å²) >= 11 is 2.25. The molecule has 0 spiro atoms. The Balaban J connectivity index is 2.67. The molecule has 1 saturated heterocycles. The minimum Gasteiger partial charge on any atom is -0.383 e. The molecule has 1 fully saturated rings. The van der Waals surface area contributed by atoms with Crippen LogP contribution in [0.15, 0.2) is 11.8 Å². The number of rotatable bonds is 1. The number of piperidine rings is 1. The van der Waals surface area contributed by atoms with Crippen LogP contribution in [-0.4, -0.2) is 41.0 Å². The van der Waals surface area contributed by atoms with Gasteiger partial charge < -0.3 is 4.90 Å². The molecule has 68 valence electrons. The predicted molar refractivity (Wildman–Crippen MR) is 57.0 cm³/mol. The molecule has 1 aliphatic heterocycles. The van der Waals surface area contributed by atoms with Crippen LogP contribution < -0.4 is 0 Å². The summed E-state index contributed by atoms with van der Waals surface area (Å²) < 4.78 is 2.13. The minimum absolute atomic E-state index is 0.289. The molecule has 1 heterocycles. The third kappa shape index (κ3) is 2.75. The van der Waals surface area contributed by atoms with Crippen LogP contribution in [0.3, 0.4) is 0 Å². The third-order valence-electron chi connectivity index (χ3n) is 1.70. The zero-order chi connectivity index (χ0) is 9.14. The third-order valence-corrected chi connectivity index (χ3v) is 2.52. The summed E-state index contributed by atoms with van der Waals surface area (Å²) in [7, 11) is 3.87. The lowest BCUT2D eigenvalue weighted by molar-refractivity contribution is -0.116. The lowest BCUT2D eigenvalue weighted by atomic mass is 10.1. The summed E-state index contributed by atoms with van der Waals surface area (Å²) in [5.74, 6) is 0.289. The molecule has 0 aromatic heterocycles. The van der Waals surface area contributed by atoms with Crippen LogP contribution >= 0.6 is 22.9 Å². The van der Waals surface area contributed by atoms with E-state index in [0.717, 1.165) is 18.7 Å². The maximum absolute atomic E-state index is 11.4. The van der Waals surface area contributed by atoms with E-state index in [-0.39, 0.29) is 5.78 Å². The van der Waals surface area contributed by atoms with Gasteiger partial charge in [-0.3, -0.25) is 4.79 Å². The van der Waals surface area contributed by atoms with Gasteiger partial charge in [-0.05, 0) is 0 Å². The number of hydrogen-bond donors (Lipinski definition) is 0. The molecule has 0 aliphatic carbocycles. The fourth-order valence-corrected chi connectivity index (χ4v) is 1.77. The summed E-state index contributed by atoms with van der Waals surface area (Å²) in [4.78, 5) is 13.3. The average molecular weight is 280 g/mol. The van der Waals surface area contributed by atoms with Crippen molar-refractivity contribution in [2.45, 2.75) is 6.42 Å². The minimum atomic E-state index is 0.289. The molecule has 0 aromatic rings. The molecule has 1 aliphatic rings. The number of halogens is 1. The standard InChI is InChI=1S/C8H13IN2O/c1-10(2)5-7-6-11(9)4-3-8(7)12/h5H,3-4,6H2,1-2H3/b7-5-. The second-order valence-corrected chi connectivity index (χ2v) is 4.50. The topological polar surface area (TPSA) is 23.6 Å². The van der Waals surface area contributed by atoms with Crippen molar-refractivity contribution in [3.8, 4) is 0 Å². The molecule has 0 radical (unpaired) electrons.